The molecule has 7 rings (SSSR count). The number of pyridine rings is 1. The maximum atomic E-state index is 14.0. The number of fused-ring (bicyclic) bond motifs is 3. The van der Waals surface area contributed by atoms with Gasteiger partial charge in [-0.3, -0.25) is 4.90 Å². The molecule has 0 saturated carbocycles. The number of nitrogens with one attached hydrogen (secondary N) is 1. The van der Waals surface area contributed by atoms with Crippen molar-refractivity contribution >= 4 is 16.9 Å². The maximum Gasteiger partial charge on any atom is 0.141 e. The fourth-order valence-corrected chi connectivity index (χ4v) is 4.81. The second kappa shape index (κ2) is 7.09. The van der Waals surface area contributed by atoms with Gasteiger partial charge in [-0.1, -0.05) is 0 Å². The molecule has 3 aliphatic heterocycles. The minimum absolute atomic E-state index is 0.323. The third-order valence-corrected chi connectivity index (χ3v) is 6.40. The Morgan fingerprint density at radius 3 is 2.68 bits per heavy atom. The molecule has 0 amide bonds. The van der Waals surface area contributed by atoms with E-state index >= 15 is 0 Å². The van der Waals surface area contributed by atoms with Gasteiger partial charge < -0.3 is 9.88 Å². The van der Waals surface area contributed by atoms with Crippen LogP contribution in [0, 0.1) is 11.6 Å². The average Bonchev–Trinajstić information content (AvgIpc) is 3.29. The minimum atomic E-state index is -0.395. The van der Waals surface area contributed by atoms with Gasteiger partial charge in [0.15, 0.2) is 0 Å². The van der Waals surface area contributed by atoms with Gasteiger partial charge in [-0.2, -0.15) is 0 Å². The topological polar surface area (TPSA) is 60.9 Å². The summed E-state index contributed by atoms with van der Waals surface area (Å²) in [5, 5.41) is 0.969. The lowest BCUT2D eigenvalue weighted by atomic mass is 9.86. The van der Waals surface area contributed by atoms with Crippen molar-refractivity contribution in [1.82, 2.24) is 24.8 Å². The van der Waals surface area contributed by atoms with Gasteiger partial charge in [0.05, 0.1) is 5.69 Å². The molecule has 0 aliphatic carbocycles. The highest BCUT2D eigenvalue weighted by Crippen LogP contribution is 2.36. The Kier molecular flexibility index (Phi) is 4.21. The number of aromatic nitrogens is 4. The zero-order chi connectivity index (χ0) is 20.9. The van der Waals surface area contributed by atoms with E-state index in [2.05, 4.69) is 29.7 Å². The summed E-state index contributed by atoms with van der Waals surface area (Å²) in [6, 6.07) is 10.3. The Labute approximate surface area is 177 Å². The molecule has 1 aromatic carbocycles. The fourth-order valence-electron chi connectivity index (χ4n) is 4.81. The first-order valence-electron chi connectivity index (χ1n) is 10.3. The molecule has 1 N–H and O–H groups in total. The number of piperazine rings is 1. The van der Waals surface area contributed by atoms with Gasteiger partial charge in [-0.15, -0.1) is 0 Å². The van der Waals surface area contributed by atoms with E-state index in [4.69, 9.17) is 0 Å². The number of H-pyrrole nitrogens is 1. The Morgan fingerprint density at radius 1 is 1.00 bits per heavy atom. The van der Waals surface area contributed by atoms with E-state index < -0.39 is 5.82 Å². The second-order valence-corrected chi connectivity index (χ2v) is 8.22. The summed E-state index contributed by atoms with van der Waals surface area (Å²) in [6.07, 6.45) is 6.34. The smallest absolute Gasteiger partial charge is 0.141 e. The quantitative estimate of drug-likeness (QED) is 0.547. The van der Waals surface area contributed by atoms with Gasteiger partial charge in [0.1, 0.15) is 29.4 Å². The molecular formula is C23H20F2N6. The molecule has 156 valence electrons. The van der Waals surface area contributed by atoms with Crippen LogP contribution in [0.4, 0.5) is 14.6 Å². The normalized spacial score (nSPS) is 20.8. The van der Waals surface area contributed by atoms with Crippen molar-refractivity contribution in [2.75, 3.05) is 18.0 Å². The number of anilines is 1. The van der Waals surface area contributed by atoms with Crippen LogP contribution in [0.2, 0.25) is 0 Å². The first-order valence-corrected chi connectivity index (χ1v) is 10.3. The molecule has 3 fully saturated rings. The molecule has 6 nitrogen and oxygen atoms in total. The number of piperidine rings is 1. The van der Waals surface area contributed by atoms with Crippen LogP contribution in [-0.2, 0) is 6.54 Å². The number of halogens is 2. The molecule has 2 bridgehead atoms. The first kappa shape index (κ1) is 18.4. The summed E-state index contributed by atoms with van der Waals surface area (Å²) in [5.41, 5.74) is 3.03. The highest BCUT2D eigenvalue weighted by Gasteiger charge is 2.44. The number of hydrogen-bond acceptors (Lipinski definition) is 5. The number of aromatic amines is 1. The lowest BCUT2D eigenvalue weighted by molar-refractivity contribution is -0.00952. The Hall–Kier alpha value is -3.39. The van der Waals surface area contributed by atoms with Gasteiger partial charge in [0, 0.05) is 60.6 Å². The van der Waals surface area contributed by atoms with Crippen molar-refractivity contribution in [2.24, 2.45) is 0 Å². The average molecular weight is 418 g/mol. The predicted molar refractivity (Wildman–Crippen MR) is 113 cm³/mol. The van der Waals surface area contributed by atoms with Crippen LogP contribution in [0.25, 0.3) is 22.3 Å². The van der Waals surface area contributed by atoms with E-state index in [0.717, 1.165) is 53.7 Å². The highest BCUT2D eigenvalue weighted by molar-refractivity contribution is 5.90. The van der Waals surface area contributed by atoms with Gasteiger partial charge in [0.25, 0.3) is 0 Å². The van der Waals surface area contributed by atoms with Crippen molar-refractivity contribution in [2.45, 2.75) is 25.0 Å². The van der Waals surface area contributed by atoms with Crippen molar-refractivity contribution in [3.63, 3.8) is 0 Å². The Balaban J connectivity index is 1.17. The summed E-state index contributed by atoms with van der Waals surface area (Å²) in [4.78, 5) is 21.0. The monoisotopic (exact) mass is 418 g/mol. The zero-order valence-corrected chi connectivity index (χ0v) is 16.7. The van der Waals surface area contributed by atoms with Gasteiger partial charge >= 0.3 is 0 Å². The molecule has 8 heteroatoms. The van der Waals surface area contributed by atoms with Gasteiger partial charge in [0.2, 0.25) is 0 Å². The summed E-state index contributed by atoms with van der Waals surface area (Å²) in [6.45, 7) is 2.10. The molecule has 3 aromatic heterocycles. The van der Waals surface area contributed by atoms with E-state index in [1.165, 1.54) is 12.1 Å². The third kappa shape index (κ3) is 3.14. The lowest BCUT2D eigenvalue weighted by Gasteiger charge is -2.56. The third-order valence-electron chi connectivity index (χ3n) is 6.40. The van der Waals surface area contributed by atoms with E-state index in [9.17, 15) is 8.78 Å². The number of benzene rings is 1. The SMILES string of the molecule is Fc1ccc(F)c(CN2C3CC2CN(c2ccc(-c4ncnc5[nH]ccc45)cn2)C3)c1. The van der Waals surface area contributed by atoms with Crippen molar-refractivity contribution in [1.29, 1.82) is 0 Å². The summed E-state index contributed by atoms with van der Waals surface area (Å²) in [5.74, 6) is 0.185. The van der Waals surface area contributed by atoms with Gasteiger partial charge in [-0.25, -0.2) is 23.7 Å². The minimum Gasteiger partial charge on any atom is -0.353 e. The molecule has 3 aliphatic rings. The predicted octanol–water partition coefficient (Wildman–Crippen LogP) is 3.76. The fraction of sp³-hybridized carbons (Fsp3) is 0.261. The van der Waals surface area contributed by atoms with Crippen LogP contribution in [0.1, 0.15) is 12.0 Å². The standard InChI is InChI=1S/C23H20F2N6/c24-16-2-3-20(25)15(7-16)10-31-17-8-18(31)12-30(11-17)21-4-1-14(9-27-21)22-19-5-6-26-23(19)29-13-28-22/h1-7,9,13,17-18H,8,10-12H2,(H,26,28,29). The summed E-state index contributed by atoms with van der Waals surface area (Å²) < 4.78 is 27.5. The van der Waals surface area contributed by atoms with Crippen LogP contribution in [-0.4, -0.2) is 50.0 Å². The lowest BCUT2D eigenvalue weighted by Crippen LogP contribution is -2.68. The molecule has 0 spiro atoms. The van der Waals surface area contributed by atoms with Crippen LogP contribution in [0.3, 0.4) is 0 Å². The summed E-state index contributed by atoms with van der Waals surface area (Å²) in [7, 11) is 0. The largest absolute Gasteiger partial charge is 0.353 e. The molecule has 4 aromatic rings. The van der Waals surface area contributed by atoms with Crippen LogP contribution in [0.5, 0.6) is 0 Å². The Morgan fingerprint density at radius 2 is 1.87 bits per heavy atom. The molecule has 2 unspecified atom stereocenters. The van der Waals surface area contributed by atoms with Gasteiger partial charge in [-0.05, 0) is 42.8 Å². The van der Waals surface area contributed by atoms with E-state index in [1.807, 2.05) is 30.6 Å². The first-order chi connectivity index (χ1) is 15.2. The zero-order valence-electron chi connectivity index (χ0n) is 16.7. The van der Waals surface area contributed by atoms with E-state index in [-0.39, 0.29) is 5.82 Å². The van der Waals surface area contributed by atoms with Crippen LogP contribution < -0.4 is 4.90 Å². The number of rotatable bonds is 4. The molecule has 31 heavy (non-hydrogen) atoms. The molecule has 3 saturated heterocycles. The maximum absolute atomic E-state index is 14.0. The number of hydrogen-bond donors (Lipinski definition) is 1. The van der Waals surface area contributed by atoms with E-state index in [1.54, 1.807) is 6.33 Å². The van der Waals surface area contributed by atoms with Crippen molar-refractivity contribution < 1.29 is 8.78 Å². The van der Waals surface area contributed by atoms with Crippen LogP contribution in [0.15, 0.2) is 55.1 Å². The molecule has 0 radical (unpaired) electrons. The van der Waals surface area contributed by atoms with E-state index in [0.29, 0.717) is 24.2 Å². The van der Waals surface area contributed by atoms with Crippen molar-refractivity contribution in [3.8, 4) is 11.3 Å². The molecular weight excluding hydrogens is 398 g/mol. The van der Waals surface area contributed by atoms with Crippen molar-refractivity contribution in [3.05, 3.63) is 72.3 Å². The molecule has 2 atom stereocenters. The summed E-state index contributed by atoms with van der Waals surface area (Å²) >= 11 is 0. The molecule has 6 heterocycles. The highest BCUT2D eigenvalue weighted by atomic mass is 19.1. The second-order valence-electron chi connectivity index (χ2n) is 8.22. The Bertz CT molecular complexity index is 1240. The van der Waals surface area contributed by atoms with Crippen LogP contribution >= 0.6 is 0 Å². The number of nitrogens with zero attached hydrogens (tertiary/aromatic N) is 5.